The van der Waals surface area contributed by atoms with Crippen molar-refractivity contribution in [3.05, 3.63) is 45.2 Å². The summed E-state index contributed by atoms with van der Waals surface area (Å²) in [5.41, 5.74) is 1.19. The van der Waals surface area contributed by atoms with E-state index in [0.717, 1.165) is 21.6 Å². The van der Waals surface area contributed by atoms with Gasteiger partial charge in [-0.25, -0.2) is 14.2 Å². The first-order chi connectivity index (χ1) is 9.38. The van der Waals surface area contributed by atoms with Crippen LogP contribution >= 0.6 is 11.3 Å². The predicted molar refractivity (Wildman–Crippen MR) is 77.0 cm³/mol. The molecule has 2 N–H and O–H groups in total. The van der Waals surface area contributed by atoms with Crippen LogP contribution in [0.25, 0.3) is 0 Å². The number of nitrogens with one attached hydrogen (secondary N) is 1. The number of halogens is 1. The molecule has 2 aromatic rings. The number of thiazole rings is 1. The molecule has 2 rings (SSSR count). The van der Waals surface area contributed by atoms with Gasteiger partial charge in [0, 0.05) is 10.6 Å². The molecule has 6 heteroatoms. The molecular formula is C14H15FN2O2S. The van der Waals surface area contributed by atoms with Gasteiger partial charge in [-0.05, 0) is 39.0 Å². The molecule has 0 saturated carbocycles. The largest absolute Gasteiger partial charge is 0.478 e. The summed E-state index contributed by atoms with van der Waals surface area (Å²) in [6.45, 7) is 5.84. The number of benzene rings is 1. The molecule has 0 amide bonds. The van der Waals surface area contributed by atoms with Gasteiger partial charge in [-0.3, -0.25) is 0 Å². The molecule has 1 heterocycles. The zero-order valence-electron chi connectivity index (χ0n) is 11.4. The van der Waals surface area contributed by atoms with Gasteiger partial charge >= 0.3 is 5.97 Å². The minimum Gasteiger partial charge on any atom is -0.478 e. The van der Waals surface area contributed by atoms with E-state index in [9.17, 15) is 9.18 Å². The van der Waals surface area contributed by atoms with Crippen LogP contribution in [-0.4, -0.2) is 16.1 Å². The molecule has 0 saturated heterocycles. The van der Waals surface area contributed by atoms with Crippen LogP contribution in [0.2, 0.25) is 0 Å². The van der Waals surface area contributed by atoms with Gasteiger partial charge in [0.2, 0.25) is 0 Å². The van der Waals surface area contributed by atoms with E-state index in [1.807, 2.05) is 20.8 Å². The number of hydrogen-bond acceptors (Lipinski definition) is 4. The van der Waals surface area contributed by atoms with Gasteiger partial charge in [-0.2, -0.15) is 0 Å². The van der Waals surface area contributed by atoms with Crippen molar-refractivity contribution in [2.45, 2.75) is 26.8 Å². The van der Waals surface area contributed by atoms with Crippen molar-refractivity contribution >= 4 is 23.0 Å². The normalized spacial score (nSPS) is 12.2. The Morgan fingerprint density at radius 1 is 1.45 bits per heavy atom. The van der Waals surface area contributed by atoms with Gasteiger partial charge in [0.25, 0.3) is 0 Å². The number of carboxylic acids is 1. The van der Waals surface area contributed by atoms with E-state index in [1.165, 1.54) is 12.1 Å². The van der Waals surface area contributed by atoms with Crippen molar-refractivity contribution in [2.75, 3.05) is 5.32 Å². The van der Waals surface area contributed by atoms with E-state index in [-0.39, 0.29) is 11.6 Å². The summed E-state index contributed by atoms with van der Waals surface area (Å²) >= 11 is 1.59. The molecule has 1 atom stereocenters. The minimum absolute atomic E-state index is 0.0201. The Morgan fingerprint density at radius 3 is 2.70 bits per heavy atom. The van der Waals surface area contributed by atoms with Gasteiger partial charge in [-0.15, -0.1) is 11.3 Å². The van der Waals surface area contributed by atoms with Crippen LogP contribution < -0.4 is 5.32 Å². The Balaban J connectivity index is 2.24. The second kappa shape index (κ2) is 5.58. The molecular weight excluding hydrogens is 279 g/mol. The maximum Gasteiger partial charge on any atom is 0.338 e. The predicted octanol–water partition coefficient (Wildman–Crippen LogP) is 3.77. The fourth-order valence-electron chi connectivity index (χ4n) is 2.04. The molecule has 0 spiro atoms. The number of hydrogen-bond donors (Lipinski definition) is 2. The van der Waals surface area contributed by atoms with Crippen LogP contribution in [0.3, 0.4) is 0 Å². The Morgan fingerprint density at radius 2 is 2.15 bits per heavy atom. The standard InChI is InChI=1S/C14H15FN2O2S/c1-7-13(20-9(3)16-7)8(2)17-10-4-5-12(15)11(6-10)14(18)19/h4-6,8,17H,1-3H3,(H,18,19). The zero-order chi connectivity index (χ0) is 14.9. The molecule has 0 bridgehead atoms. The molecule has 0 fully saturated rings. The topological polar surface area (TPSA) is 62.2 Å². The van der Waals surface area contributed by atoms with Gasteiger partial charge in [0.15, 0.2) is 0 Å². The van der Waals surface area contributed by atoms with Gasteiger partial charge in [-0.1, -0.05) is 0 Å². The van der Waals surface area contributed by atoms with Gasteiger partial charge < -0.3 is 10.4 Å². The third-order valence-corrected chi connectivity index (χ3v) is 4.17. The Bertz CT molecular complexity index is 655. The average molecular weight is 294 g/mol. The SMILES string of the molecule is Cc1nc(C)c(C(C)Nc2ccc(F)c(C(=O)O)c2)s1. The van der Waals surface area contributed by atoms with E-state index >= 15 is 0 Å². The van der Waals surface area contributed by atoms with Crippen LogP contribution in [0, 0.1) is 19.7 Å². The first-order valence-electron chi connectivity index (χ1n) is 6.11. The van der Waals surface area contributed by atoms with Crippen LogP contribution in [0.5, 0.6) is 0 Å². The average Bonchev–Trinajstić information content (AvgIpc) is 2.70. The number of aromatic nitrogens is 1. The van der Waals surface area contributed by atoms with E-state index in [4.69, 9.17) is 5.11 Å². The summed E-state index contributed by atoms with van der Waals surface area (Å²) in [4.78, 5) is 16.4. The van der Waals surface area contributed by atoms with Gasteiger partial charge in [0.05, 0.1) is 22.3 Å². The van der Waals surface area contributed by atoms with Crippen molar-refractivity contribution in [2.24, 2.45) is 0 Å². The number of carbonyl (C=O) groups is 1. The van der Waals surface area contributed by atoms with Crippen molar-refractivity contribution < 1.29 is 14.3 Å². The molecule has 0 radical (unpaired) electrons. The molecule has 106 valence electrons. The lowest BCUT2D eigenvalue weighted by Gasteiger charge is -2.15. The molecule has 1 unspecified atom stereocenters. The summed E-state index contributed by atoms with van der Waals surface area (Å²) in [5, 5.41) is 13.1. The quantitative estimate of drug-likeness (QED) is 0.901. The maximum absolute atomic E-state index is 13.3. The summed E-state index contributed by atoms with van der Waals surface area (Å²) in [5.74, 6) is -2.01. The third-order valence-electron chi connectivity index (χ3n) is 2.91. The smallest absolute Gasteiger partial charge is 0.338 e. The molecule has 1 aromatic heterocycles. The lowest BCUT2D eigenvalue weighted by molar-refractivity contribution is 0.0692. The van der Waals surface area contributed by atoms with Crippen molar-refractivity contribution in [1.82, 2.24) is 4.98 Å². The number of aromatic carboxylic acids is 1. The van der Waals surface area contributed by atoms with E-state index in [1.54, 1.807) is 11.3 Å². The fraction of sp³-hybridized carbons (Fsp3) is 0.286. The summed E-state index contributed by atoms with van der Waals surface area (Å²) in [6.07, 6.45) is 0. The van der Waals surface area contributed by atoms with Crippen LogP contribution in [0.4, 0.5) is 10.1 Å². The molecule has 0 aliphatic heterocycles. The number of anilines is 1. The lowest BCUT2D eigenvalue weighted by atomic mass is 10.1. The van der Waals surface area contributed by atoms with Gasteiger partial charge in [0.1, 0.15) is 5.82 Å². The Hall–Kier alpha value is -1.95. The number of rotatable bonds is 4. The highest BCUT2D eigenvalue weighted by Crippen LogP contribution is 2.28. The maximum atomic E-state index is 13.3. The lowest BCUT2D eigenvalue weighted by Crippen LogP contribution is -2.08. The molecule has 1 aromatic carbocycles. The Kier molecular flexibility index (Phi) is 4.04. The second-order valence-corrected chi connectivity index (χ2v) is 5.78. The van der Waals surface area contributed by atoms with E-state index in [2.05, 4.69) is 10.3 Å². The number of aryl methyl sites for hydroxylation is 2. The number of nitrogens with zero attached hydrogens (tertiary/aromatic N) is 1. The highest BCUT2D eigenvalue weighted by Gasteiger charge is 2.15. The second-order valence-electron chi connectivity index (χ2n) is 4.55. The number of carboxylic acid groups (broad SMARTS) is 1. The van der Waals surface area contributed by atoms with Crippen LogP contribution in [0.15, 0.2) is 18.2 Å². The molecule has 20 heavy (non-hydrogen) atoms. The summed E-state index contributed by atoms with van der Waals surface area (Å²) in [7, 11) is 0. The van der Waals surface area contributed by atoms with Crippen molar-refractivity contribution in [1.29, 1.82) is 0 Å². The molecule has 0 aliphatic carbocycles. The van der Waals surface area contributed by atoms with E-state index in [0.29, 0.717) is 5.69 Å². The zero-order valence-corrected chi connectivity index (χ0v) is 12.2. The highest BCUT2D eigenvalue weighted by molar-refractivity contribution is 7.11. The van der Waals surface area contributed by atoms with E-state index < -0.39 is 11.8 Å². The summed E-state index contributed by atoms with van der Waals surface area (Å²) in [6, 6.07) is 3.97. The first-order valence-corrected chi connectivity index (χ1v) is 6.93. The first kappa shape index (κ1) is 14.5. The van der Waals surface area contributed by atoms with Crippen molar-refractivity contribution in [3.8, 4) is 0 Å². The Labute approximate surface area is 120 Å². The fourth-order valence-corrected chi connectivity index (χ4v) is 2.97. The van der Waals surface area contributed by atoms with Crippen molar-refractivity contribution in [3.63, 3.8) is 0 Å². The van der Waals surface area contributed by atoms with Crippen LogP contribution in [-0.2, 0) is 0 Å². The third kappa shape index (κ3) is 2.96. The summed E-state index contributed by atoms with van der Waals surface area (Å²) < 4.78 is 13.3. The monoisotopic (exact) mass is 294 g/mol. The molecule has 4 nitrogen and oxygen atoms in total. The highest BCUT2D eigenvalue weighted by atomic mass is 32.1. The molecule has 0 aliphatic rings. The minimum atomic E-state index is -1.27. The van der Waals surface area contributed by atoms with Crippen LogP contribution in [0.1, 0.15) is 38.9 Å².